The fraction of sp³-hybridized carbons (Fsp3) is 0.0909. The molecule has 0 saturated carbocycles. The topological polar surface area (TPSA) is 25.8 Å². The molecular weight excluding hydrogens is 358 g/mol. The molecule has 0 spiro atoms. The van der Waals surface area contributed by atoms with Crippen molar-refractivity contribution in [1.82, 2.24) is 9.97 Å². The number of hydrogen-bond acceptors (Lipinski definition) is 2. The van der Waals surface area contributed by atoms with Gasteiger partial charge in [0, 0.05) is 5.56 Å². The lowest BCUT2D eigenvalue weighted by atomic mass is 10.1. The Kier molecular flexibility index (Phi) is 3.66. The van der Waals surface area contributed by atoms with Gasteiger partial charge >= 0.3 is 0 Å². The van der Waals surface area contributed by atoms with Crippen LogP contribution in [0, 0.1) is 10.5 Å². The van der Waals surface area contributed by atoms with Crippen LogP contribution < -0.4 is 0 Å². The minimum Gasteiger partial charge on any atom is -0.215 e. The largest absolute Gasteiger partial charge is 0.215 e. The predicted octanol–water partition coefficient (Wildman–Crippen LogP) is 4.36. The molecule has 2 nitrogen and oxygen atoms in total. The Hall–Kier alpha value is -0.390. The summed E-state index contributed by atoms with van der Waals surface area (Å²) >= 11 is 13.9. The van der Waals surface area contributed by atoms with Gasteiger partial charge in [-0.2, -0.15) is 0 Å². The highest BCUT2D eigenvalue weighted by atomic mass is 127. The van der Waals surface area contributed by atoms with E-state index in [1.807, 2.05) is 53.8 Å². The van der Waals surface area contributed by atoms with Crippen molar-refractivity contribution in [2.75, 3.05) is 0 Å². The first kappa shape index (κ1) is 12.1. The first-order valence-electron chi connectivity index (χ1n) is 4.53. The number of nitrogens with zero attached hydrogens (tertiary/aromatic N) is 2. The van der Waals surface area contributed by atoms with E-state index in [9.17, 15) is 0 Å². The van der Waals surface area contributed by atoms with Crippen molar-refractivity contribution in [3.8, 4) is 11.4 Å². The van der Waals surface area contributed by atoms with E-state index in [2.05, 4.69) is 9.97 Å². The molecule has 0 radical (unpaired) electrons. The zero-order chi connectivity index (χ0) is 11.7. The first-order valence-corrected chi connectivity index (χ1v) is 6.37. The molecular formula is C11H7Cl2IN2. The van der Waals surface area contributed by atoms with Crippen LogP contribution in [0.4, 0.5) is 0 Å². The fourth-order valence-electron chi connectivity index (χ4n) is 1.23. The molecule has 0 amide bonds. The van der Waals surface area contributed by atoms with Gasteiger partial charge in [-0.05, 0) is 29.5 Å². The molecule has 0 unspecified atom stereocenters. The molecule has 0 bridgehead atoms. The molecule has 2 rings (SSSR count). The molecule has 0 atom stereocenters. The Morgan fingerprint density at radius 3 is 2.00 bits per heavy atom. The Labute approximate surface area is 117 Å². The van der Waals surface area contributed by atoms with Crippen LogP contribution in [-0.2, 0) is 0 Å². The average molecular weight is 365 g/mol. The summed E-state index contributed by atoms with van der Waals surface area (Å²) < 4.78 is 0.678. The normalized spacial score (nSPS) is 10.5. The van der Waals surface area contributed by atoms with Gasteiger partial charge in [0.15, 0.2) is 5.82 Å². The fourth-order valence-corrected chi connectivity index (χ4v) is 1.85. The molecule has 2 aromatic rings. The zero-order valence-electron chi connectivity index (χ0n) is 8.34. The van der Waals surface area contributed by atoms with Crippen LogP contribution in [-0.4, -0.2) is 9.97 Å². The first-order chi connectivity index (χ1) is 7.58. The van der Waals surface area contributed by atoms with Gasteiger partial charge in [0.05, 0.1) is 3.57 Å². The Morgan fingerprint density at radius 2 is 1.50 bits per heavy atom. The zero-order valence-corrected chi connectivity index (χ0v) is 12.0. The van der Waals surface area contributed by atoms with E-state index in [-0.39, 0.29) is 0 Å². The highest BCUT2D eigenvalue weighted by Crippen LogP contribution is 2.26. The number of rotatable bonds is 1. The third-order valence-corrected chi connectivity index (χ3v) is 4.29. The summed E-state index contributed by atoms with van der Waals surface area (Å²) in [4.78, 5) is 8.39. The minimum atomic E-state index is 0.385. The maximum atomic E-state index is 5.96. The van der Waals surface area contributed by atoms with Gasteiger partial charge in [0.2, 0.25) is 0 Å². The van der Waals surface area contributed by atoms with Crippen molar-refractivity contribution in [2.24, 2.45) is 0 Å². The van der Waals surface area contributed by atoms with E-state index in [0.717, 1.165) is 5.56 Å². The molecule has 0 fully saturated rings. The number of aryl methyl sites for hydroxylation is 1. The van der Waals surface area contributed by atoms with Crippen molar-refractivity contribution in [1.29, 1.82) is 0 Å². The Morgan fingerprint density at radius 1 is 1.00 bits per heavy atom. The molecule has 1 aromatic heterocycles. The maximum absolute atomic E-state index is 5.96. The Balaban J connectivity index is 2.52. The van der Waals surface area contributed by atoms with Crippen molar-refractivity contribution >= 4 is 45.8 Å². The molecule has 0 aliphatic heterocycles. The number of benzene rings is 1. The molecule has 1 heterocycles. The lowest BCUT2D eigenvalue weighted by Crippen LogP contribution is -1.93. The SMILES string of the molecule is Cc1ccc(-c2nc(Cl)c(I)c(Cl)n2)cc1. The average Bonchev–Trinajstić information content (AvgIpc) is 2.26. The predicted molar refractivity (Wildman–Crippen MR) is 74.9 cm³/mol. The molecule has 16 heavy (non-hydrogen) atoms. The maximum Gasteiger partial charge on any atom is 0.162 e. The summed E-state index contributed by atoms with van der Waals surface area (Å²) in [5.41, 5.74) is 2.09. The summed E-state index contributed by atoms with van der Waals surface area (Å²) in [6.45, 7) is 2.03. The lowest BCUT2D eigenvalue weighted by molar-refractivity contribution is 1.16. The third kappa shape index (κ3) is 2.47. The van der Waals surface area contributed by atoms with E-state index in [1.54, 1.807) is 0 Å². The highest BCUT2D eigenvalue weighted by molar-refractivity contribution is 14.1. The number of halogens is 3. The van der Waals surface area contributed by atoms with Gasteiger partial charge < -0.3 is 0 Å². The second-order valence-corrected chi connectivity index (χ2v) is 5.10. The van der Waals surface area contributed by atoms with E-state index < -0.39 is 0 Å². The van der Waals surface area contributed by atoms with Gasteiger partial charge in [0.1, 0.15) is 10.3 Å². The summed E-state index contributed by atoms with van der Waals surface area (Å²) in [7, 11) is 0. The smallest absolute Gasteiger partial charge is 0.162 e. The van der Waals surface area contributed by atoms with Crippen molar-refractivity contribution < 1.29 is 0 Å². The molecule has 0 N–H and O–H groups in total. The molecule has 0 aliphatic carbocycles. The van der Waals surface area contributed by atoms with Crippen LogP contribution in [0.2, 0.25) is 10.3 Å². The summed E-state index contributed by atoms with van der Waals surface area (Å²) in [5.74, 6) is 0.551. The quantitative estimate of drug-likeness (QED) is 0.554. The summed E-state index contributed by atoms with van der Waals surface area (Å²) in [6, 6.07) is 7.89. The highest BCUT2D eigenvalue weighted by Gasteiger charge is 2.09. The lowest BCUT2D eigenvalue weighted by Gasteiger charge is -2.04. The van der Waals surface area contributed by atoms with Gasteiger partial charge in [-0.1, -0.05) is 53.0 Å². The summed E-state index contributed by atoms with van der Waals surface area (Å²) in [6.07, 6.45) is 0. The van der Waals surface area contributed by atoms with Crippen LogP contribution in [0.5, 0.6) is 0 Å². The van der Waals surface area contributed by atoms with E-state index in [0.29, 0.717) is 19.7 Å². The second-order valence-electron chi connectivity index (χ2n) is 3.31. The number of hydrogen-bond donors (Lipinski definition) is 0. The van der Waals surface area contributed by atoms with E-state index >= 15 is 0 Å². The van der Waals surface area contributed by atoms with Crippen LogP contribution in [0.15, 0.2) is 24.3 Å². The minimum absolute atomic E-state index is 0.385. The second kappa shape index (κ2) is 4.85. The molecule has 1 aromatic carbocycles. The van der Waals surface area contributed by atoms with Crippen LogP contribution in [0.25, 0.3) is 11.4 Å². The standard InChI is InChI=1S/C11H7Cl2IN2/c1-6-2-4-7(5-3-6)11-15-9(12)8(14)10(13)16-11/h2-5H,1H3. The van der Waals surface area contributed by atoms with Gasteiger partial charge in [-0.15, -0.1) is 0 Å². The van der Waals surface area contributed by atoms with Gasteiger partial charge in [-0.25, -0.2) is 9.97 Å². The monoisotopic (exact) mass is 364 g/mol. The molecule has 82 valence electrons. The van der Waals surface area contributed by atoms with Crippen LogP contribution in [0.3, 0.4) is 0 Å². The van der Waals surface area contributed by atoms with Crippen LogP contribution in [0.1, 0.15) is 5.56 Å². The molecule has 5 heteroatoms. The van der Waals surface area contributed by atoms with Gasteiger partial charge in [0.25, 0.3) is 0 Å². The molecule has 0 aliphatic rings. The van der Waals surface area contributed by atoms with E-state index in [4.69, 9.17) is 23.2 Å². The van der Waals surface area contributed by atoms with Crippen LogP contribution >= 0.6 is 45.8 Å². The van der Waals surface area contributed by atoms with Gasteiger partial charge in [-0.3, -0.25) is 0 Å². The third-order valence-electron chi connectivity index (χ3n) is 2.08. The van der Waals surface area contributed by atoms with Crippen molar-refractivity contribution in [2.45, 2.75) is 6.92 Å². The number of aromatic nitrogens is 2. The Bertz CT molecular complexity index is 503. The summed E-state index contributed by atoms with van der Waals surface area (Å²) in [5, 5.41) is 0.771. The van der Waals surface area contributed by atoms with Crippen molar-refractivity contribution in [3.63, 3.8) is 0 Å². The van der Waals surface area contributed by atoms with Crippen molar-refractivity contribution in [3.05, 3.63) is 43.7 Å². The van der Waals surface area contributed by atoms with E-state index in [1.165, 1.54) is 5.56 Å². The molecule has 0 saturated heterocycles.